The number of ether oxygens (including phenoxy) is 1. The van der Waals surface area contributed by atoms with E-state index < -0.39 is 11.5 Å². The van der Waals surface area contributed by atoms with Crippen LogP contribution in [0.25, 0.3) is 10.9 Å². The SMILES string of the molecule is COc1nc2ccc(C(O)(c3cnc(C)n3C)c3cnc(C)n3C)cc2c(Cl)c1Cc1ccccc1C(C)(F)F. The average molecular weight is 566 g/mol. The highest BCUT2D eigenvalue weighted by molar-refractivity contribution is 6.36. The molecule has 0 unspecified atom stereocenters. The van der Waals surface area contributed by atoms with Crippen LogP contribution in [0.5, 0.6) is 5.88 Å². The molecule has 3 aromatic heterocycles. The van der Waals surface area contributed by atoms with Gasteiger partial charge in [0.2, 0.25) is 5.88 Å². The summed E-state index contributed by atoms with van der Waals surface area (Å²) in [5.74, 6) is -1.33. The largest absolute Gasteiger partial charge is 0.481 e. The van der Waals surface area contributed by atoms with Gasteiger partial charge in [-0.3, -0.25) is 0 Å². The third-order valence-electron chi connectivity index (χ3n) is 7.63. The maximum absolute atomic E-state index is 14.4. The van der Waals surface area contributed by atoms with Crippen LogP contribution in [0.1, 0.15) is 52.2 Å². The highest BCUT2D eigenvalue weighted by Crippen LogP contribution is 2.41. The Morgan fingerprint density at radius 1 is 0.975 bits per heavy atom. The number of halogens is 3. The standard InChI is InChI=1S/C30H30ClF2N5O2/c1-17-34-15-25(37(17)4)30(39,26-16-35-18(2)38(26)5)20-11-12-24-21(14-20)27(31)22(28(36-24)40-6)13-19-9-7-8-10-23(19)29(3,32)33/h7-12,14-16,39H,13H2,1-6H3. The molecule has 0 radical (unpaired) electrons. The molecule has 0 saturated heterocycles. The highest BCUT2D eigenvalue weighted by atomic mass is 35.5. The zero-order valence-corrected chi connectivity index (χ0v) is 23.9. The van der Waals surface area contributed by atoms with Gasteiger partial charge in [-0.15, -0.1) is 0 Å². The summed E-state index contributed by atoms with van der Waals surface area (Å²) in [7, 11) is 5.15. The van der Waals surface area contributed by atoms with E-state index in [-0.39, 0.29) is 17.9 Å². The summed E-state index contributed by atoms with van der Waals surface area (Å²) in [6.07, 6.45) is 3.37. The smallest absolute Gasteiger partial charge is 0.270 e. The Kier molecular flexibility index (Phi) is 6.92. The zero-order chi connectivity index (χ0) is 29.0. The monoisotopic (exact) mass is 565 g/mol. The fourth-order valence-corrected chi connectivity index (χ4v) is 5.49. The molecule has 1 N–H and O–H groups in total. The third-order valence-corrected chi connectivity index (χ3v) is 8.06. The van der Waals surface area contributed by atoms with Gasteiger partial charge in [-0.1, -0.05) is 41.9 Å². The summed E-state index contributed by atoms with van der Waals surface area (Å²) in [4.78, 5) is 13.5. The van der Waals surface area contributed by atoms with Gasteiger partial charge < -0.3 is 19.0 Å². The number of aliphatic hydroxyl groups is 1. The van der Waals surface area contributed by atoms with Crippen LogP contribution in [-0.2, 0) is 32.0 Å². The maximum atomic E-state index is 14.4. The molecule has 0 fully saturated rings. The van der Waals surface area contributed by atoms with Crippen molar-refractivity contribution in [2.75, 3.05) is 7.11 Å². The number of nitrogens with zero attached hydrogens (tertiary/aromatic N) is 5. The zero-order valence-electron chi connectivity index (χ0n) is 23.1. The van der Waals surface area contributed by atoms with Crippen LogP contribution in [-0.4, -0.2) is 36.3 Å². The van der Waals surface area contributed by atoms with E-state index in [4.69, 9.17) is 16.3 Å². The Hall–Kier alpha value is -3.82. The second-order valence-corrected chi connectivity index (χ2v) is 10.5. The van der Waals surface area contributed by atoms with Gasteiger partial charge in [0.1, 0.15) is 11.6 Å². The number of pyridine rings is 1. The molecule has 0 amide bonds. The van der Waals surface area contributed by atoms with E-state index in [1.54, 1.807) is 48.8 Å². The van der Waals surface area contributed by atoms with E-state index in [2.05, 4.69) is 15.0 Å². The summed E-state index contributed by atoms with van der Waals surface area (Å²) < 4.78 is 38.0. The van der Waals surface area contributed by atoms with E-state index in [0.29, 0.717) is 44.0 Å². The molecule has 0 aliphatic rings. The van der Waals surface area contributed by atoms with E-state index in [1.165, 1.54) is 13.2 Å². The molecule has 5 aromatic rings. The highest BCUT2D eigenvalue weighted by Gasteiger charge is 2.40. The number of fused-ring (bicyclic) bond motifs is 1. The first-order chi connectivity index (χ1) is 18.9. The summed E-state index contributed by atoms with van der Waals surface area (Å²) in [5, 5.41) is 13.4. The second-order valence-electron chi connectivity index (χ2n) is 10.1. The van der Waals surface area contributed by atoms with E-state index in [0.717, 1.165) is 18.6 Å². The lowest BCUT2D eigenvalue weighted by molar-refractivity contribution is 0.0166. The molecule has 40 heavy (non-hydrogen) atoms. The molecule has 208 valence electrons. The van der Waals surface area contributed by atoms with Gasteiger partial charge in [0.15, 0.2) is 5.60 Å². The van der Waals surface area contributed by atoms with Crippen molar-refractivity contribution in [3.05, 3.63) is 105 Å². The number of imidazole rings is 2. The Balaban J connectivity index is 1.74. The third kappa shape index (κ3) is 4.43. The first kappa shape index (κ1) is 27.7. The van der Waals surface area contributed by atoms with Crippen molar-refractivity contribution in [2.45, 2.75) is 38.7 Å². The fourth-order valence-electron chi connectivity index (χ4n) is 5.19. The Morgan fingerprint density at radius 3 is 2.10 bits per heavy atom. The van der Waals surface area contributed by atoms with E-state index >= 15 is 0 Å². The normalized spacial score (nSPS) is 12.3. The van der Waals surface area contributed by atoms with Gasteiger partial charge in [-0.2, -0.15) is 0 Å². The van der Waals surface area contributed by atoms with Crippen molar-refractivity contribution in [1.29, 1.82) is 0 Å². The van der Waals surface area contributed by atoms with Crippen molar-refractivity contribution < 1.29 is 18.6 Å². The summed E-state index contributed by atoms with van der Waals surface area (Å²) in [6, 6.07) is 11.7. The van der Waals surface area contributed by atoms with E-state index in [9.17, 15) is 13.9 Å². The van der Waals surface area contributed by atoms with Gasteiger partial charge in [0.25, 0.3) is 5.92 Å². The molecule has 10 heteroatoms. The molecule has 0 aliphatic heterocycles. The van der Waals surface area contributed by atoms with Crippen LogP contribution in [0.3, 0.4) is 0 Å². The molecule has 0 bridgehead atoms. The van der Waals surface area contributed by atoms with Crippen LogP contribution in [0.2, 0.25) is 5.02 Å². The Labute approximate surface area is 236 Å². The lowest BCUT2D eigenvalue weighted by atomic mass is 9.86. The number of hydrogen-bond acceptors (Lipinski definition) is 5. The van der Waals surface area contributed by atoms with Crippen molar-refractivity contribution >= 4 is 22.5 Å². The summed E-state index contributed by atoms with van der Waals surface area (Å²) >= 11 is 7.00. The minimum Gasteiger partial charge on any atom is -0.481 e. The molecule has 2 aromatic carbocycles. The average Bonchev–Trinajstić information content (AvgIpc) is 3.45. The fraction of sp³-hybridized carbons (Fsp3) is 0.300. The van der Waals surface area contributed by atoms with E-state index in [1.807, 2.05) is 37.1 Å². The van der Waals surface area contributed by atoms with Gasteiger partial charge >= 0.3 is 0 Å². The molecule has 0 saturated carbocycles. The van der Waals surface area contributed by atoms with Crippen LogP contribution in [0.4, 0.5) is 8.78 Å². The van der Waals surface area contributed by atoms with Gasteiger partial charge in [0.05, 0.1) is 41.4 Å². The van der Waals surface area contributed by atoms with Crippen molar-refractivity contribution in [3.8, 4) is 5.88 Å². The maximum Gasteiger partial charge on any atom is 0.270 e. The predicted molar refractivity (Wildman–Crippen MR) is 150 cm³/mol. The molecule has 0 aliphatic carbocycles. The molecular weight excluding hydrogens is 536 g/mol. The minimum atomic E-state index is -3.04. The second kappa shape index (κ2) is 9.98. The minimum absolute atomic E-state index is 0.0842. The Bertz CT molecular complexity index is 1690. The summed E-state index contributed by atoms with van der Waals surface area (Å²) in [6.45, 7) is 4.59. The molecule has 0 spiro atoms. The van der Waals surface area contributed by atoms with Crippen LogP contribution in [0.15, 0.2) is 54.9 Å². The number of alkyl halides is 2. The Morgan fingerprint density at radius 2 is 1.57 bits per heavy atom. The van der Waals surface area contributed by atoms with Gasteiger partial charge in [-0.25, -0.2) is 23.7 Å². The van der Waals surface area contributed by atoms with Crippen molar-refractivity contribution in [1.82, 2.24) is 24.1 Å². The lowest BCUT2D eigenvalue weighted by Gasteiger charge is -2.30. The predicted octanol–water partition coefficient (Wildman–Crippen LogP) is 5.97. The number of benzene rings is 2. The van der Waals surface area contributed by atoms with Crippen molar-refractivity contribution in [3.63, 3.8) is 0 Å². The van der Waals surface area contributed by atoms with Crippen LogP contribution in [0, 0.1) is 13.8 Å². The van der Waals surface area contributed by atoms with Crippen molar-refractivity contribution in [2.24, 2.45) is 14.1 Å². The number of methoxy groups -OCH3 is 1. The van der Waals surface area contributed by atoms with Gasteiger partial charge in [-0.05, 0) is 37.1 Å². The number of rotatable bonds is 7. The quantitative estimate of drug-likeness (QED) is 0.263. The first-order valence-corrected chi connectivity index (χ1v) is 13.1. The number of hydrogen-bond donors (Lipinski definition) is 1. The van der Waals surface area contributed by atoms with Crippen LogP contribution < -0.4 is 4.74 Å². The molecular formula is C30H30ClF2N5O2. The van der Waals surface area contributed by atoms with Crippen LogP contribution >= 0.6 is 11.6 Å². The number of aromatic nitrogens is 5. The first-order valence-electron chi connectivity index (χ1n) is 12.7. The molecule has 5 rings (SSSR count). The van der Waals surface area contributed by atoms with Gasteiger partial charge in [0, 0.05) is 44.0 Å². The topological polar surface area (TPSA) is 78.0 Å². The molecule has 7 nitrogen and oxygen atoms in total. The lowest BCUT2D eigenvalue weighted by Crippen LogP contribution is -2.33. The molecule has 0 atom stereocenters. The summed E-state index contributed by atoms with van der Waals surface area (Å²) in [5.41, 5.74) is 1.31. The number of aryl methyl sites for hydroxylation is 2. The molecule has 3 heterocycles.